The second-order valence-corrected chi connectivity index (χ2v) is 5.77. The van der Waals surface area contributed by atoms with Gasteiger partial charge in [-0.05, 0) is 49.5 Å². The van der Waals surface area contributed by atoms with E-state index in [2.05, 4.69) is 14.8 Å². The molecular formula is C15H15F8NO2. The Kier molecular flexibility index (Phi) is 5.89. The lowest BCUT2D eigenvalue weighted by molar-refractivity contribution is -0.291. The maximum absolute atomic E-state index is 13.0. The van der Waals surface area contributed by atoms with Crippen molar-refractivity contribution in [3.05, 3.63) is 23.8 Å². The number of nitrogens with one attached hydrogen (secondary N) is 1. The van der Waals surface area contributed by atoms with Gasteiger partial charge in [-0.3, -0.25) is 0 Å². The second-order valence-electron chi connectivity index (χ2n) is 5.77. The highest BCUT2D eigenvalue weighted by Crippen LogP contribution is 2.40. The predicted octanol–water partition coefficient (Wildman–Crippen LogP) is 4.63. The zero-order valence-corrected chi connectivity index (χ0v) is 13.2. The lowest BCUT2D eigenvalue weighted by atomic mass is 9.90. The molecule has 1 aliphatic rings. The predicted molar refractivity (Wildman–Crippen MR) is 74.5 cm³/mol. The Morgan fingerprint density at radius 3 is 2.08 bits per heavy atom. The van der Waals surface area contributed by atoms with Crippen LogP contribution in [0.25, 0.3) is 0 Å². The highest BCUT2D eigenvalue weighted by molar-refractivity contribution is 5.44. The third kappa shape index (κ3) is 5.36. The molecule has 1 heterocycles. The number of rotatable bonds is 5. The van der Waals surface area contributed by atoms with Crippen LogP contribution in [0.2, 0.25) is 0 Å². The molecule has 2 rings (SSSR count). The summed E-state index contributed by atoms with van der Waals surface area (Å²) in [5, 5.41) is 3.07. The van der Waals surface area contributed by atoms with E-state index in [0.717, 1.165) is 12.1 Å². The third-order valence-corrected chi connectivity index (χ3v) is 3.83. The molecule has 1 N–H and O–H groups in total. The average Bonchev–Trinajstić information content (AvgIpc) is 2.52. The monoisotopic (exact) mass is 393 g/mol. The minimum atomic E-state index is -5.88. The summed E-state index contributed by atoms with van der Waals surface area (Å²) in [6.45, 7) is -0.859. The van der Waals surface area contributed by atoms with Crippen LogP contribution in [0.5, 0.6) is 11.5 Å². The van der Waals surface area contributed by atoms with Gasteiger partial charge in [0.1, 0.15) is 0 Å². The maximum Gasteiger partial charge on any atom is 0.573 e. The van der Waals surface area contributed by atoms with E-state index in [1.165, 1.54) is 6.07 Å². The van der Waals surface area contributed by atoms with Crippen LogP contribution in [0.3, 0.4) is 0 Å². The lowest BCUT2D eigenvalue weighted by Gasteiger charge is -2.25. The van der Waals surface area contributed by atoms with Crippen molar-refractivity contribution in [2.24, 2.45) is 0 Å². The van der Waals surface area contributed by atoms with Crippen LogP contribution < -0.4 is 14.8 Å². The number of hydrogen-bond donors (Lipinski definition) is 1. The molecule has 1 saturated heterocycles. The van der Waals surface area contributed by atoms with Crippen molar-refractivity contribution in [1.29, 1.82) is 0 Å². The molecule has 1 aromatic rings. The Morgan fingerprint density at radius 1 is 0.923 bits per heavy atom. The Labute approximate surface area is 143 Å². The fraction of sp³-hybridized carbons (Fsp3) is 0.600. The summed E-state index contributed by atoms with van der Waals surface area (Å²) in [5.41, 5.74) is 0.478. The minimum absolute atomic E-state index is 0.0818. The molecule has 1 aromatic carbocycles. The molecule has 0 bridgehead atoms. The van der Waals surface area contributed by atoms with Crippen LogP contribution in [0.1, 0.15) is 24.3 Å². The van der Waals surface area contributed by atoms with Crippen molar-refractivity contribution in [3.63, 3.8) is 0 Å². The number of benzene rings is 1. The van der Waals surface area contributed by atoms with Crippen LogP contribution >= 0.6 is 0 Å². The molecule has 26 heavy (non-hydrogen) atoms. The zero-order valence-electron chi connectivity index (χ0n) is 13.2. The molecule has 0 amide bonds. The molecule has 0 aromatic heterocycles. The SMILES string of the molecule is FC(F)(F)Oc1ccc(C2CCNCC2)cc1OCC(F)(F)C(F)(F)F. The lowest BCUT2D eigenvalue weighted by Crippen LogP contribution is -2.41. The summed E-state index contributed by atoms with van der Waals surface area (Å²) in [7, 11) is 0. The molecular weight excluding hydrogens is 378 g/mol. The van der Waals surface area contributed by atoms with Gasteiger partial charge in [-0.15, -0.1) is 13.2 Å². The first-order chi connectivity index (χ1) is 11.9. The first kappa shape index (κ1) is 20.5. The molecule has 1 aliphatic heterocycles. The van der Waals surface area contributed by atoms with Crippen molar-refractivity contribution >= 4 is 0 Å². The molecule has 0 atom stereocenters. The van der Waals surface area contributed by atoms with Gasteiger partial charge < -0.3 is 14.8 Å². The Bertz CT molecular complexity index is 609. The minimum Gasteiger partial charge on any atom is -0.483 e. The van der Waals surface area contributed by atoms with Crippen LogP contribution in [0.15, 0.2) is 18.2 Å². The Hall–Kier alpha value is -1.78. The van der Waals surface area contributed by atoms with Crippen LogP contribution in [0.4, 0.5) is 35.1 Å². The molecule has 11 heteroatoms. The highest BCUT2D eigenvalue weighted by Gasteiger charge is 2.58. The van der Waals surface area contributed by atoms with E-state index in [1.54, 1.807) is 0 Å². The zero-order chi connectivity index (χ0) is 19.6. The van der Waals surface area contributed by atoms with Crippen LogP contribution in [-0.2, 0) is 0 Å². The van der Waals surface area contributed by atoms with Crippen molar-refractivity contribution < 1.29 is 44.6 Å². The maximum atomic E-state index is 13.0. The number of piperidine rings is 1. The van der Waals surface area contributed by atoms with Crippen molar-refractivity contribution in [2.45, 2.75) is 37.2 Å². The number of hydrogen-bond acceptors (Lipinski definition) is 3. The van der Waals surface area contributed by atoms with Gasteiger partial charge >= 0.3 is 18.5 Å². The van der Waals surface area contributed by atoms with E-state index in [0.29, 0.717) is 31.5 Å². The van der Waals surface area contributed by atoms with E-state index < -0.39 is 36.6 Å². The van der Waals surface area contributed by atoms with E-state index in [9.17, 15) is 35.1 Å². The molecule has 0 radical (unpaired) electrons. The molecule has 0 saturated carbocycles. The van der Waals surface area contributed by atoms with Gasteiger partial charge in [-0.25, -0.2) is 0 Å². The average molecular weight is 393 g/mol. The molecule has 3 nitrogen and oxygen atoms in total. The number of alkyl halides is 8. The van der Waals surface area contributed by atoms with Crippen LogP contribution in [-0.4, -0.2) is 38.2 Å². The third-order valence-electron chi connectivity index (χ3n) is 3.83. The molecule has 1 fully saturated rings. The molecule has 0 spiro atoms. The van der Waals surface area contributed by atoms with Gasteiger partial charge in [-0.1, -0.05) is 6.07 Å². The summed E-state index contributed by atoms with van der Waals surface area (Å²) in [6, 6.07) is 3.18. The van der Waals surface area contributed by atoms with Crippen molar-refractivity contribution in [2.75, 3.05) is 19.7 Å². The second kappa shape index (κ2) is 7.45. The van der Waals surface area contributed by atoms with Gasteiger partial charge in [0.2, 0.25) is 0 Å². The van der Waals surface area contributed by atoms with E-state index in [-0.39, 0.29) is 5.92 Å². The fourth-order valence-electron chi connectivity index (χ4n) is 2.51. The first-order valence-corrected chi connectivity index (χ1v) is 7.57. The summed E-state index contributed by atoms with van der Waals surface area (Å²) in [6.07, 6.45) is -9.76. The molecule has 148 valence electrons. The smallest absolute Gasteiger partial charge is 0.483 e. The van der Waals surface area contributed by atoms with E-state index in [4.69, 9.17) is 0 Å². The Morgan fingerprint density at radius 2 is 1.54 bits per heavy atom. The first-order valence-electron chi connectivity index (χ1n) is 7.57. The van der Waals surface area contributed by atoms with Gasteiger partial charge in [0.15, 0.2) is 18.1 Å². The summed E-state index contributed by atoms with van der Waals surface area (Å²) in [4.78, 5) is 0. The summed E-state index contributed by atoms with van der Waals surface area (Å²) in [5.74, 6) is -7.09. The van der Waals surface area contributed by atoms with Crippen LogP contribution in [0, 0.1) is 0 Å². The molecule has 0 unspecified atom stereocenters. The number of halogens is 8. The van der Waals surface area contributed by atoms with E-state index in [1.807, 2.05) is 0 Å². The summed E-state index contributed by atoms with van der Waals surface area (Å²) >= 11 is 0. The summed E-state index contributed by atoms with van der Waals surface area (Å²) < 4.78 is 108. The normalized spacial score (nSPS) is 17.2. The van der Waals surface area contributed by atoms with Gasteiger partial charge in [0.05, 0.1) is 0 Å². The topological polar surface area (TPSA) is 30.5 Å². The molecule has 0 aliphatic carbocycles. The van der Waals surface area contributed by atoms with Gasteiger partial charge in [0, 0.05) is 0 Å². The quantitative estimate of drug-likeness (QED) is 0.741. The van der Waals surface area contributed by atoms with Gasteiger partial charge in [0.25, 0.3) is 0 Å². The van der Waals surface area contributed by atoms with Gasteiger partial charge in [-0.2, -0.15) is 22.0 Å². The highest BCUT2D eigenvalue weighted by atomic mass is 19.4. The fourth-order valence-corrected chi connectivity index (χ4v) is 2.51. The van der Waals surface area contributed by atoms with Crippen molar-refractivity contribution in [1.82, 2.24) is 5.32 Å². The Balaban J connectivity index is 2.26. The standard InChI is InChI=1S/C15H15F8NO2/c16-13(17,14(18,19)20)8-25-12-7-10(9-3-5-24-6-4-9)1-2-11(12)26-15(21,22)23/h1-2,7,9,24H,3-6,8H2. The van der Waals surface area contributed by atoms with Crippen molar-refractivity contribution in [3.8, 4) is 11.5 Å². The largest absolute Gasteiger partial charge is 0.573 e. The number of ether oxygens (including phenoxy) is 2. The van der Waals surface area contributed by atoms with E-state index >= 15 is 0 Å².